The van der Waals surface area contributed by atoms with Crippen LogP contribution in [0.3, 0.4) is 0 Å². The van der Waals surface area contributed by atoms with E-state index in [-0.39, 0.29) is 18.4 Å². The van der Waals surface area contributed by atoms with Crippen LogP contribution in [0.25, 0.3) is 10.8 Å². The first-order valence-electron chi connectivity index (χ1n) is 7.81. The van der Waals surface area contributed by atoms with Crippen LogP contribution >= 0.6 is 12.4 Å². The zero-order valence-corrected chi connectivity index (χ0v) is 15.4. The third-order valence-corrected chi connectivity index (χ3v) is 6.04. The third kappa shape index (κ3) is 3.67. The lowest BCUT2D eigenvalue weighted by molar-refractivity contribution is 0.327. The second-order valence-electron chi connectivity index (χ2n) is 6.01. The summed E-state index contributed by atoms with van der Waals surface area (Å²) in [6.45, 7) is 3.68. The van der Waals surface area contributed by atoms with Gasteiger partial charge in [-0.15, -0.1) is 12.4 Å². The van der Waals surface area contributed by atoms with E-state index in [1.165, 1.54) is 0 Å². The molecule has 2 unspecified atom stereocenters. The number of fused-ring (bicyclic) bond motifs is 1. The first-order chi connectivity index (χ1) is 11.0. The number of hydrogen-bond acceptors (Lipinski definition) is 4. The highest BCUT2D eigenvalue weighted by Crippen LogP contribution is 2.31. The van der Waals surface area contributed by atoms with Gasteiger partial charge in [0.15, 0.2) is 0 Å². The van der Waals surface area contributed by atoms with Crippen molar-refractivity contribution >= 4 is 33.2 Å². The van der Waals surface area contributed by atoms with E-state index in [1.807, 2.05) is 24.3 Å². The van der Waals surface area contributed by atoms with Gasteiger partial charge in [0, 0.05) is 23.4 Å². The highest BCUT2D eigenvalue weighted by Gasteiger charge is 2.27. The van der Waals surface area contributed by atoms with Gasteiger partial charge in [-0.1, -0.05) is 31.2 Å². The van der Waals surface area contributed by atoms with E-state index in [2.05, 4.69) is 17.0 Å². The number of piperidine rings is 1. The van der Waals surface area contributed by atoms with E-state index < -0.39 is 10.0 Å². The Balaban J connectivity index is 0.00000208. The Bertz CT molecular complexity index is 811. The molecule has 5 nitrogen and oxygen atoms in total. The smallest absolute Gasteiger partial charge is 0.241 e. The van der Waals surface area contributed by atoms with Crippen LogP contribution in [0.5, 0.6) is 5.75 Å². The van der Waals surface area contributed by atoms with Crippen LogP contribution in [0.4, 0.5) is 0 Å². The number of hydrogen-bond donors (Lipinski definition) is 2. The first kappa shape index (κ1) is 19.0. The van der Waals surface area contributed by atoms with Crippen molar-refractivity contribution in [1.82, 2.24) is 10.0 Å². The highest BCUT2D eigenvalue weighted by atomic mass is 35.5. The Hall–Kier alpha value is -1.34. The minimum absolute atomic E-state index is 0. The average molecular weight is 371 g/mol. The molecule has 0 radical (unpaired) electrons. The summed E-state index contributed by atoms with van der Waals surface area (Å²) >= 11 is 0. The highest BCUT2D eigenvalue weighted by molar-refractivity contribution is 7.89. The maximum atomic E-state index is 12.9. The summed E-state index contributed by atoms with van der Waals surface area (Å²) in [5.74, 6) is 0.989. The maximum Gasteiger partial charge on any atom is 0.241 e. The monoisotopic (exact) mass is 370 g/mol. The molecule has 1 aliphatic heterocycles. The zero-order chi connectivity index (χ0) is 16.4. The fraction of sp³-hybridized carbons (Fsp3) is 0.412. The summed E-state index contributed by atoms with van der Waals surface area (Å²) in [7, 11) is -2.00. The van der Waals surface area contributed by atoms with Crippen molar-refractivity contribution in [3.8, 4) is 5.75 Å². The molecule has 2 aromatic carbocycles. The van der Waals surface area contributed by atoms with Gasteiger partial charge in [-0.05, 0) is 31.0 Å². The molecule has 0 spiro atoms. The first-order valence-corrected chi connectivity index (χ1v) is 9.30. The SMILES string of the molecule is COc1ccc(S(=O)(=O)NC2CNCCC2C)c2ccccc12.Cl. The molecule has 0 amide bonds. The van der Waals surface area contributed by atoms with Gasteiger partial charge in [0.25, 0.3) is 0 Å². The minimum atomic E-state index is -3.59. The topological polar surface area (TPSA) is 67.4 Å². The van der Waals surface area contributed by atoms with Crippen LogP contribution < -0.4 is 14.8 Å². The van der Waals surface area contributed by atoms with Crippen molar-refractivity contribution in [2.45, 2.75) is 24.3 Å². The molecular formula is C17H23ClN2O3S. The summed E-state index contributed by atoms with van der Waals surface area (Å²) in [4.78, 5) is 0.298. The summed E-state index contributed by atoms with van der Waals surface area (Å²) in [6.07, 6.45) is 0.969. The van der Waals surface area contributed by atoms with Crippen molar-refractivity contribution in [3.05, 3.63) is 36.4 Å². The molecule has 132 valence electrons. The molecule has 1 heterocycles. The van der Waals surface area contributed by atoms with Gasteiger partial charge in [-0.25, -0.2) is 13.1 Å². The number of methoxy groups -OCH3 is 1. The van der Waals surface area contributed by atoms with Crippen LogP contribution in [0.2, 0.25) is 0 Å². The third-order valence-electron chi connectivity index (χ3n) is 4.49. The average Bonchev–Trinajstić information content (AvgIpc) is 2.55. The standard InChI is InChI=1S/C17H22N2O3S.ClH/c1-12-9-10-18-11-15(12)19-23(20,21)17-8-7-16(22-2)13-5-3-4-6-14(13)17;/h3-8,12,15,18-19H,9-11H2,1-2H3;1H. The Morgan fingerprint density at radius 1 is 1.17 bits per heavy atom. The van der Waals surface area contributed by atoms with Gasteiger partial charge < -0.3 is 10.1 Å². The Kier molecular flexibility index (Phi) is 6.09. The van der Waals surface area contributed by atoms with Gasteiger partial charge in [0.1, 0.15) is 5.75 Å². The molecule has 2 aromatic rings. The van der Waals surface area contributed by atoms with Crippen molar-refractivity contribution in [1.29, 1.82) is 0 Å². The predicted octanol–water partition coefficient (Wildman–Crippen LogP) is 2.55. The van der Waals surface area contributed by atoms with Crippen LogP contribution in [0.15, 0.2) is 41.3 Å². The van der Waals surface area contributed by atoms with Crippen LogP contribution in [-0.4, -0.2) is 34.7 Å². The van der Waals surface area contributed by atoms with Crippen molar-refractivity contribution in [2.24, 2.45) is 5.92 Å². The Morgan fingerprint density at radius 2 is 1.88 bits per heavy atom. The molecule has 1 aliphatic rings. The molecule has 3 rings (SSSR count). The van der Waals surface area contributed by atoms with E-state index in [4.69, 9.17) is 4.74 Å². The molecule has 2 atom stereocenters. The Morgan fingerprint density at radius 3 is 2.54 bits per heavy atom. The summed E-state index contributed by atoms with van der Waals surface area (Å²) < 4.78 is 34.0. The summed E-state index contributed by atoms with van der Waals surface area (Å²) in [6, 6.07) is 10.6. The number of nitrogens with one attached hydrogen (secondary N) is 2. The van der Waals surface area contributed by atoms with Crippen LogP contribution in [0.1, 0.15) is 13.3 Å². The molecule has 0 aromatic heterocycles. The van der Waals surface area contributed by atoms with Crippen LogP contribution in [0, 0.1) is 5.92 Å². The van der Waals surface area contributed by atoms with Crippen LogP contribution in [-0.2, 0) is 10.0 Å². The van der Waals surface area contributed by atoms with Gasteiger partial charge in [0.05, 0.1) is 12.0 Å². The molecule has 0 bridgehead atoms. The molecular weight excluding hydrogens is 348 g/mol. The van der Waals surface area contributed by atoms with Crippen molar-refractivity contribution < 1.29 is 13.2 Å². The largest absolute Gasteiger partial charge is 0.496 e. The lowest BCUT2D eigenvalue weighted by Crippen LogP contribution is -2.50. The van der Waals surface area contributed by atoms with Crippen molar-refractivity contribution in [3.63, 3.8) is 0 Å². The molecule has 0 saturated carbocycles. The van der Waals surface area contributed by atoms with E-state index in [0.717, 1.165) is 18.4 Å². The number of halogens is 1. The van der Waals surface area contributed by atoms with E-state index in [9.17, 15) is 8.42 Å². The normalized spacial score (nSPS) is 21.2. The lowest BCUT2D eigenvalue weighted by Gasteiger charge is -2.30. The second kappa shape index (κ2) is 7.70. The number of rotatable bonds is 4. The van der Waals surface area contributed by atoms with Crippen molar-refractivity contribution in [2.75, 3.05) is 20.2 Å². The Labute approximate surface area is 149 Å². The molecule has 1 saturated heterocycles. The fourth-order valence-electron chi connectivity index (χ4n) is 3.07. The summed E-state index contributed by atoms with van der Waals surface area (Å²) in [5.41, 5.74) is 0. The number of benzene rings is 2. The summed E-state index contributed by atoms with van der Waals surface area (Å²) in [5, 5.41) is 4.72. The predicted molar refractivity (Wildman–Crippen MR) is 98.5 cm³/mol. The maximum absolute atomic E-state index is 12.9. The van der Waals surface area contributed by atoms with Gasteiger partial charge >= 0.3 is 0 Å². The lowest BCUT2D eigenvalue weighted by atomic mass is 9.96. The van der Waals surface area contributed by atoms with E-state index in [1.54, 1.807) is 19.2 Å². The fourth-order valence-corrected chi connectivity index (χ4v) is 4.62. The quantitative estimate of drug-likeness (QED) is 0.867. The zero-order valence-electron chi connectivity index (χ0n) is 13.8. The minimum Gasteiger partial charge on any atom is -0.496 e. The molecule has 2 N–H and O–H groups in total. The van der Waals surface area contributed by atoms with Gasteiger partial charge in [-0.2, -0.15) is 0 Å². The molecule has 7 heteroatoms. The second-order valence-corrected chi connectivity index (χ2v) is 7.69. The molecule has 24 heavy (non-hydrogen) atoms. The molecule has 1 fully saturated rings. The van der Waals surface area contributed by atoms with Gasteiger partial charge in [-0.3, -0.25) is 0 Å². The van der Waals surface area contributed by atoms with E-state index in [0.29, 0.717) is 28.5 Å². The number of sulfonamides is 1. The molecule has 0 aliphatic carbocycles. The van der Waals surface area contributed by atoms with Gasteiger partial charge in [0.2, 0.25) is 10.0 Å². The number of ether oxygens (including phenoxy) is 1. The van der Waals surface area contributed by atoms with E-state index >= 15 is 0 Å².